The van der Waals surface area contributed by atoms with Gasteiger partial charge in [-0.25, -0.2) is 0 Å². The fourth-order valence-corrected chi connectivity index (χ4v) is 1.68. The molecule has 0 bridgehead atoms. The zero-order valence-electron chi connectivity index (χ0n) is 11.1. The number of carbonyl (C=O) groups is 1. The van der Waals surface area contributed by atoms with Gasteiger partial charge in [0, 0.05) is 18.0 Å². The van der Waals surface area contributed by atoms with E-state index in [-0.39, 0.29) is 11.9 Å². The van der Waals surface area contributed by atoms with E-state index >= 15 is 0 Å². The standard InChI is InChI=1S/C14H24ClNO/c1-4-8-13(11-15)9-6-5-7-10-14(17)16-12(2)3/h5-6,11-12H,4,7-10H2,1-3H3,(H,16,17)/b6-5+,13-11+. The molecule has 3 heteroatoms. The summed E-state index contributed by atoms with van der Waals surface area (Å²) in [7, 11) is 0. The molecule has 0 aromatic rings. The Hall–Kier alpha value is -0.760. The molecule has 1 amide bonds. The van der Waals surface area contributed by atoms with Crippen molar-refractivity contribution in [3.8, 4) is 0 Å². The van der Waals surface area contributed by atoms with E-state index in [1.165, 1.54) is 5.57 Å². The minimum Gasteiger partial charge on any atom is -0.354 e. The first-order valence-electron chi connectivity index (χ1n) is 6.32. The summed E-state index contributed by atoms with van der Waals surface area (Å²) < 4.78 is 0. The number of hydrogen-bond donors (Lipinski definition) is 1. The molecule has 0 spiro atoms. The van der Waals surface area contributed by atoms with E-state index in [2.05, 4.69) is 24.4 Å². The number of nitrogens with one attached hydrogen (secondary N) is 1. The van der Waals surface area contributed by atoms with E-state index < -0.39 is 0 Å². The van der Waals surface area contributed by atoms with Crippen LogP contribution in [0.25, 0.3) is 0 Å². The fraction of sp³-hybridized carbons (Fsp3) is 0.643. The smallest absolute Gasteiger partial charge is 0.220 e. The van der Waals surface area contributed by atoms with Crippen molar-refractivity contribution >= 4 is 17.5 Å². The van der Waals surface area contributed by atoms with Crippen LogP contribution in [0.4, 0.5) is 0 Å². The lowest BCUT2D eigenvalue weighted by molar-refractivity contribution is -0.121. The van der Waals surface area contributed by atoms with Crippen molar-refractivity contribution in [2.24, 2.45) is 0 Å². The topological polar surface area (TPSA) is 29.1 Å². The van der Waals surface area contributed by atoms with Crippen LogP contribution in [0, 0.1) is 0 Å². The maximum atomic E-state index is 11.3. The van der Waals surface area contributed by atoms with Gasteiger partial charge in [0.25, 0.3) is 0 Å². The van der Waals surface area contributed by atoms with E-state index in [1.54, 1.807) is 5.54 Å². The summed E-state index contributed by atoms with van der Waals surface area (Å²) in [6.45, 7) is 6.08. The molecule has 1 N–H and O–H groups in total. The maximum absolute atomic E-state index is 11.3. The van der Waals surface area contributed by atoms with E-state index in [9.17, 15) is 4.79 Å². The molecule has 0 rings (SSSR count). The minimum absolute atomic E-state index is 0.117. The Morgan fingerprint density at radius 2 is 2.00 bits per heavy atom. The molecule has 0 radical (unpaired) electrons. The Bertz CT molecular complexity index is 269. The van der Waals surface area contributed by atoms with Gasteiger partial charge in [-0.05, 0) is 33.1 Å². The molecule has 0 saturated heterocycles. The molecular formula is C14H24ClNO. The number of halogens is 1. The van der Waals surface area contributed by atoms with Gasteiger partial charge >= 0.3 is 0 Å². The number of rotatable bonds is 8. The molecule has 0 aromatic carbocycles. The van der Waals surface area contributed by atoms with Gasteiger partial charge in [0.05, 0.1) is 0 Å². The second kappa shape index (κ2) is 10.4. The van der Waals surface area contributed by atoms with Gasteiger partial charge in [-0.3, -0.25) is 4.79 Å². The van der Waals surface area contributed by atoms with Gasteiger partial charge < -0.3 is 5.32 Å². The molecule has 0 aliphatic carbocycles. The zero-order valence-corrected chi connectivity index (χ0v) is 11.9. The van der Waals surface area contributed by atoms with Crippen molar-refractivity contribution < 1.29 is 4.79 Å². The molecule has 0 aliphatic rings. The van der Waals surface area contributed by atoms with Crippen molar-refractivity contribution in [3.05, 3.63) is 23.3 Å². The average Bonchev–Trinajstić information content (AvgIpc) is 2.26. The Kier molecular flexibility index (Phi) is 9.93. The lowest BCUT2D eigenvalue weighted by atomic mass is 10.1. The first-order chi connectivity index (χ1) is 8.10. The number of amides is 1. The average molecular weight is 258 g/mol. The number of allylic oxidation sites excluding steroid dienone is 3. The molecule has 2 nitrogen and oxygen atoms in total. The maximum Gasteiger partial charge on any atom is 0.220 e. The Morgan fingerprint density at radius 3 is 2.53 bits per heavy atom. The second-order valence-corrected chi connectivity index (χ2v) is 4.67. The molecule has 17 heavy (non-hydrogen) atoms. The highest BCUT2D eigenvalue weighted by molar-refractivity contribution is 6.25. The molecule has 0 aliphatic heterocycles. The van der Waals surface area contributed by atoms with Crippen LogP contribution in [0.15, 0.2) is 23.3 Å². The monoisotopic (exact) mass is 257 g/mol. The first-order valence-corrected chi connectivity index (χ1v) is 6.76. The van der Waals surface area contributed by atoms with Crippen LogP contribution >= 0.6 is 11.6 Å². The lowest BCUT2D eigenvalue weighted by Crippen LogP contribution is -2.29. The van der Waals surface area contributed by atoms with Gasteiger partial charge in [0.15, 0.2) is 0 Å². The summed E-state index contributed by atoms with van der Waals surface area (Å²) in [6.07, 6.45) is 8.54. The highest BCUT2D eigenvalue weighted by Gasteiger charge is 2.00. The molecule has 0 atom stereocenters. The van der Waals surface area contributed by atoms with E-state index in [4.69, 9.17) is 11.6 Å². The third kappa shape index (κ3) is 10.1. The van der Waals surface area contributed by atoms with Crippen molar-refractivity contribution in [1.82, 2.24) is 5.32 Å². The first kappa shape index (κ1) is 16.2. The van der Waals surface area contributed by atoms with Crippen LogP contribution < -0.4 is 5.32 Å². The van der Waals surface area contributed by atoms with E-state index in [1.807, 2.05) is 13.8 Å². The predicted octanol–water partition coefficient (Wildman–Crippen LogP) is 4.16. The highest BCUT2D eigenvalue weighted by atomic mass is 35.5. The summed E-state index contributed by atoms with van der Waals surface area (Å²) >= 11 is 5.71. The molecule has 0 fully saturated rings. The molecule has 0 aromatic heterocycles. The second-order valence-electron chi connectivity index (χ2n) is 4.45. The van der Waals surface area contributed by atoms with Gasteiger partial charge in [-0.2, -0.15) is 0 Å². The lowest BCUT2D eigenvalue weighted by Gasteiger charge is -2.06. The Labute approximate surface area is 110 Å². The van der Waals surface area contributed by atoms with Crippen molar-refractivity contribution in [2.45, 2.75) is 58.9 Å². The van der Waals surface area contributed by atoms with Crippen LogP contribution in [-0.4, -0.2) is 11.9 Å². The number of carbonyl (C=O) groups excluding carboxylic acids is 1. The van der Waals surface area contributed by atoms with E-state index in [0.717, 1.165) is 25.7 Å². The van der Waals surface area contributed by atoms with Crippen LogP contribution in [0.1, 0.15) is 52.9 Å². The molecular weight excluding hydrogens is 234 g/mol. The zero-order chi connectivity index (χ0) is 13.1. The predicted molar refractivity (Wildman–Crippen MR) is 75.1 cm³/mol. The van der Waals surface area contributed by atoms with E-state index in [0.29, 0.717) is 6.42 Å². The highest BCUT2D eigenvalue weighted by Crippen LogP contribution is 2.11. The third-order valence-electron chi connectivity index (χ3n) is 2.26. The van der Waals surface area contributed by atoms with Gasteiger partial charge in [-0.1, -0.05) is 42.7 Å². The molecule has 98 valence electrons. The quantitative estimate of drug-likeness (QED) is 0.650. The molecule has 0 heterocycles. The Morgan fingerprint density at radius 1 is 1.29 bits per heavy atom. The Balaban J connectivity index is 3.71. The third-order valence-corrected chi connectivity index (χ3v) is 2.57. The molecule has 0 saturated carbocycles. The minimum atomic E-state index is 0.117. The summed E-state index contributed by atoms with van der Waals surface area (Å²) in [4.78, 5) is 11.3. The summed E-state index contributed by atoms with van der Waals surface area (Å²) in [5, 5.41) is 2.87. The van der Waals surface area contributed by atoms with Crippen molar-refractivity contribution in [1.29, 1.82) is 0 Å². The summed E-state index contributed by atoms with van der Waals surface area (Å²) in [5.41, 5.74) is 2.91. The van der Waals surface area contributed by atoms with Crippen molar-refractivity contribution in [3.63, 3.8) is 0 Å². The number of hydrogen-bond acceptors (Lipinski definition) is 1. The summed E-state index contributed by atoms with van der Waals surface area (Å²) in [5.74, 6) is 0.117. The van der Waals surface area contributed by atoms with Gasteiger partial charge in [0.2, 0.25) is 5.91 Å². The van der Waals surface area contributed by atoms with Crippen molar-refractivity contribution in [2.75, 3.05) is 0 Å². The van der Waals surface area contributed by atoms with Crippen LogP contribution in [0.3, 0.4) is 0 Å². The van der Waals surface area contributed by atoms with Crippen LogP contribution in [0.2, 0.25) is 0 Å². The normalized spacial score (nSPS) is 12.4. The van der Waals surface area contributed by atoms with Gasteiger partial charge in [-0.15, -0.1) is 0 Å². The van der Waals surface area contributed by atoms with Crippen LogP contribution in [-0.2, 0) is 4.79 Å². The van der Waals surface area contributed by atoms with Crippen LogP contribution in [0.5, 0.6) is 0 Å². The largest absolute Gasteiger partial charge is 0.354 e. The fourth-order valence-electron chi connectivity index (χ4n) is 1.48. The summed E-state index contributed by atoms with van der Waals surface area (Å²) in [6, 6.07) is 0.224. The molecule has 0 unspecified atom stereocenters. The SMILES string of the molecule is CCC/C(=C\Cl)C/C=C/CCC(=O)NC(C)C. The van der Waals surface area contributed by atoms with Gasteiger partial charge in [0.1, 0.15) is 0 Å².